The molecule has 8 nitrogen and oxygen atoms in total. The van der Waals surface area contributed by atoms with Crippen LogP contribution in [0, 0.1) is 0 Å². The highest BCUT2D eigenvalue weighted by molar-refractivity contribution is 7.92. The van der Waals surface area contributed by atoms with Crippen LogP contribution < -0.4 is 14.4 Å². The first kappa shape index (κ1) is 30.0. The van der Waals surface area contributed by atoms with Crippen molar-refractivity contribution in [3.05, 3.63) is 57.0 Å². The van der Waals surface area contributed by atoms with Gasteiger partial charge in [0.05, 0.1) is 24.1 Å². The van der Waals surface area contributed by atoms with Gasteiger partial charge in [0.15, 0.2) is 0 Å². The van der Waals surface area contributed by atoms with Gasteiger partial charge < -0.3 is 15.0 Å². The van der Waals surface area contributed by atoms with E-state index in [1.54, 1.807) is 30.3 Å². The van der Waals surface area contributed by atoms with Crippen LogP contribution in [0.3, 0.4) is 0 Å². The number of anilines is 1. The van der Waals surface area contributed by atoms with Crippen LogP contribution in [-0.2, 0) is 26.2 Å². The average Bonchev–Trinajstić information content (AvgIpc) is 2.81. The van der Waals surface area contributed by atoms with Gasteiger partial charge in [0.2, 0.25) is 21.8 Å². The van der Waals surface area contributed by atoms with E-state index in [1.165, 1.54) is 29.4 Å². The van der Waals surface area contributed by atoms with Gasteiger partial charge in [0.25, 0.3) is 0 Å². The molecule has 0 unspecified atom stereocenters. The van der Waals surface area contributed by atoms with Gasteiger partial charge in [0.1, 0.15) is 11.8 Å². The van der Waals surface area contributed by atoms with Gasteiger partial charge in [-0.2, -0.15) is 0 Å². The minimum Gasteiger partial charge on any atom is -0.495 e. The molecule has 0 saturated heterocycles. The predicted octanol–water partition coefficient (Wildman–Crippen LogP) is 4.76. The summed E-state index contributed by atoms with van der Waals surface area (Å²) in [6.45, 7) is 1.95. The number of likely N-dealkylation sites (N-methyl/N-ethyl adjacent to an activating group) is 1. The fraction of sp³-hybridized carbons (Fsp3) is 0.417. The van der Waals surface area contributed by atoms with Crippen molar-refractivity contribution in [2.75, 3.05) is 31.3 Å². The molecular formula is C24H30Cl3N3O5S. The molecule has 2 amide bonds. The molecule has 2 aromatic rings. The van der Waals surface area contributed by atoms with E-state index in [0.717, 1.165) is 6.26 Å². The van der Waals surface area contributed by atoms with Crippen molar-refractivity contribution in [3.8, 4) is 5.75 Å². The molecule has 12 heteroatoms. The van der Waals surface area contributed by atoms with E-state index < -0.39 is 16.1 Å². The Balaban J connectivity index is 2.24. The first-order valence-corrected chi connectivity index (χ1v) is 14.2. The molecule has 0 aliphatic heterocycles. The smallest absolute Gasteiger partial charge is 0.242 e. The van der Waals surface area contributed by atoms with Crippen LogP contribution in [-0.4, -0.2) is 58.1 Å². The summed E-state index contributed by atoms with van der Waals surface area (Å²) >= 11 is 18.5. The van der Waals surface area contributed by atoms with E-state index >= 15 is 0 Å². The zero-order chi connectivity index (χ0) is 27.0. The quantitative estimate of drug-likeness (QED) is 0.392. The van der Waals surface area contributed by atoms with Crippen LogP contribution in [0.25, 0.3) is 0 Å². The van der Waals surface area contributed by atoms with Crippen LogP contribution in [0.2, 0.25) is 15.1 Å². The lowest BCUT2D eigenvalue weighted by Crippen LogP contribution is -2.48. The number of carbonyl (C=O) groups excluding carboxylic acids is 2. The van der Waals surface area contributed by atoms with Crippen LogP contribution in [0.4, 0.5) is 5.69 Å². The van der Waals surface area contributed by atoms with Crippen molar-refractivity contribution in [1.82, 2.24) is 10.2 Å². The maximum atomic E-state index is 13.3. The molecule has 0 bridgehead atoms. The first-order valence-electron chi connectivity index (χ1n) is 11.2. The second kappa shape index (κ2) is 13.4. The Morgan fingerprint density at radius 1 is 1.08 bits per heavy atom. The summed E-state index contributed by atoms with van der Waals surface area (Å²) < 4.78 is 31.3. The van der Waals surface area contributed by atoms with Crippen LogP contribution >= 0.6 is 34.8 Å². The second-order valence-corrected chi connectivity index (χ2v) is 11.2. The largest absolute Gasteiger partial charge is 0.495 e. The first-order chi connectivity index (χ1) is 16.9. The van der Waals surface area contributed by atoms with E-state index in [1.807, 2.05) is 6.92 Å². The Bertz CT molecular complexity index is 1190. The third-order valence-electron chi connectivity index (χ3n) is 5.56. The predicted molar refractivity (Wildman–Crippen MR) is 145 cm³/mol. The van der Waals surface area contributed by atoms with Crippen molar-refractivity contribution < 1.29 is 22.7 Å². The van der Waals surface area contributed by atoms with Gasteiger partial charge in [-0.15, -0.1) is 0 Å². The number of ether oxygens (including phenoxy) is 1. The van der Waals surface area contributed by atoms with Gasteiger partial charge in [-0.25, -0.2) is 8.42 Å². The third-order valence-corrected chi connectivity index (χ3v) is 7.64. The van der Waals surface area contributed by atoms with Crippen molar-refractivity contribution in [1.29, 1.82) is 0 Å². The highest BCUT2D eigenvalue weighted by Crippen LogP contribution is 2.30. The Morgan fingerprint density at radius 2 is 1.78 bits per heavy atom. The Hall–Kier alpha value is -2.20. The summed E-state index contributed by atoms with van der Waals surface area (Å²) in [5.74, 6) is -0.195. The monoisotopic (exact) mass is 577 g/mol. The Morgan fingerprint density at radius 3 is 2.31 bits per heavy atom. The molecule has 0 aliphatic carbocycles. The summed E-state index contributed by atoms with van der Waals surface area (Å²) in [4.78, 5) is 27.3. The Labute approximate surface area is 227 Å². The average molecular weight is 579 g/mol. The fourth-order valence-electron chi connectivity index (χ4n) is 3.73. The molecule has 36 heavy (non-hydrogen) atoms. The number of benzene rings is 2. The molecule has 1 atom stereocenters. The number of rotatable bonds is 12. The van der Waals surface area contributed by atoms with Crippen molar-refractivity contribution in [2.24, 2.45) is 0 Å². The van der Waals surface area contributed by atoms with Gasteiger partial charge in [-0.3, -0.25) is 13.9 Å². The lowest BCUT2D eigenvalue weighted by molar-refractivity contribution is -0.141. The van der Waals surface area contributed by atoms with E-state index in [4.69, 9.17) is 39.5 Å². The second-order valence-electron chi connectivity index (χ2n) is 8.05. The minimum absolute atomic E-state index is 0.00854. The Kier molecular flexibility index (Phi) is 11.2. The van der Waals surface area contributed by atoms with Crippen molar-refractivity contribution in [3.63, 3.8) is 0 Å². The van der Waals surface area contributed by atoms with E-state index in [2.05, 4.69) is 5.32 Å². The fourth-order valence-corrected chi connectivity index (χ4v) is 5.41. The SMILES string of the molecule is CC[C@@H](C(=O)NC)N(Cc1ccc(Cl)cc1Cl)C(=O)CCCN(c1ccc(OC)c(Cl)c1)S(C)(=O)=O. The standard InChI is InChI=1S/C24H30Cl3N3O5S/c1-5-21(24(32)28-2)29(15-16-8-9-17(25)13-19(16)26)23(31)7-6-12-30(36(4,33)34)18-10-11-22(35-3)20(27)14-18/h8-11,13-14,21H,5-7,12,15H2,1-4H3,(H,28,32)/t21-/m0/s1. The molecule has 1 N–H and O–H groups in total. The van der Waals surface area contributed by atoms with Crippen molar-refractivity contribution in [2.45, 2.75) is 38.8 Å². The van der Waals surface area contributed by atoms with Crippen LogP contribution in [0.1, 0.15) is 31.7 Å². The molecule has 0 heterocycles. The number of sulfonamides is 1. The number of amides is 2. The molecule has 0 aromatic heterocycles. The molecule has 0 saturated carbocycles. The zero-order valence-corrected chi connectivity index (χ0v) is 23.6. The maximum absolute atomic E-state index is 13.3. The zero-order valence-electron chi connectivity index (χ0n) is 20.6. The normalized spacial score (nSPS) is 12.1. The molecule has 0 spiro atoms. The van der Waals surface area contributed by atoms with Crippen LogP contribution in [0.5, 0.6) is 5.75 Å². The molecule has 0 radical (unpaired) electrons. The lowest BCUT2D eigenvalue weighted by Gasteiger charge is -2.31. The molecule has 2 rings (SSSR count). The minimum atomic E-state index is -3.65. The highest BCUT2D eigenvalue weighted by atomic mass is 35.5. The number of nitrogens with one attached hydrogen (secondary N) is 1. The van der Waals surface area contributed by atoms with Gasteiger partial charge in [-0.1, -0.05) is 47.8 Å². The van der Waals surface area contributed by atoms with Crippen LogP contribution in [0.15, 0.2) is 36.4 Å². The summed E-state index contributed by atoms with van der Waals surface area (Å²) in [6.07, 6.45) is 1.69. The highest BCUT2D eigenvalue weighted by Gasteiger charge is 2.29. The topological polar surface area (TPSA) is 96.0 Å². The number of hydrogen-bond donors (Lipinski definition) is 1. The molecular weight excluding hydrogens is 549 g/mol. The summed E-state index contributed by atoms with van der Waals surface area (Å²) in [6, 6.07) is 8.88. The summed E-state index contributed by atoms with van der Waals surface area (Å²) in [7, 11) is -0.683. The molecule has 0 fully saturated rings. The number of halogens is 3. The third kappa shape index (κ3) is 7.90. The maximum Gasteiger partial charge on any atom is 0.242 e. The summed E-state index contributed by atoms with van der Waals surface area (Å²) in [5.41, 5.74) is 1.000. The van der Waals surface area contributed by atoms with Crippen molar-refractivity contribution >= 4 is 62.3 Å². The molecule has 0 aliphatic rings. The van der Waals surface area contributed by atoms with E-state index in [-0.39, 0.29) is 42.8 Å². The van der Waals surface area contributed by atoms with E-state index in [9.17, 15) is 18.0 Å². The number of hydrogen-bond acceptors (Lipinski definition) is 5. The van der Waals surface area contributed by atoms with Gasteiger partial charge >= 0.3 is 0 Å². The number of methoxy groups -OCH3 is 1. The van der Waals surface area contributed by atoms with Gasteiger partial charge in [0, 0.05) is 36.6 Å². The van der Waals surface area contributed by atoms with Gasteiger partial charge in [-0.05, 0) is 48.7 Å². The molecule has 198 valence electrons. The summed E-state index contributed by atoms with van der Waals surface area (Å²) in [5, 5.41) is 3.70. The lowest BCUT2D eigenvalue weighted by atomic mass is 10.1. The van der Waals surface area contributed by atoms with E-state index in [0.29, 0.717) is 33.5 Å². The number of nitrogens with zero attached hydrogens (tertiary/aromatic N) is 2. The molecule has 2 aromatic carbocycles. The number of carbonyl (C=O) groups is 2.